The summed E-state index contributed by atoms with van der Waals surface area (Å²) in [5.74, 6) is -0.228. The van der Waals surface area contributed by atoms with Crippen molar-refractivity contribution in [1.82, 2.24) is 0 Å². The lowest BCUT2D eigenvalue weighted by atomic mass is 9.97. The molecule has 0 N–H and O–H groups in total. The van der Waals surface area contributed by atoms with E-state index in [2.05, 4.69) is 15.9 Å². The fraction of sp³-hybridized carbons (Fsp3) is 0. The molecule has 0 aliphatic rings. The molecule has 0 amide bonds. The lowest BCUT2D eigenvalue weighted by molar-refractivity contribution is 0.103. The Morgan fingerprint density at radius 1 is 0.889 bits per heavy atom. The van der Waals surface area contributed by atoms with Gasteiger partial charge >= 0.3 is 0 Å². The SMILES string of the molecule is O=C(c1ccccc1Cl)c1c(-c2ccc(Br)cc2)oc2ccccc2c1=O. The van der Waals surface area contributed by atoms with Crippen molar-refractivity contribution in [3.63, 3.8) is 0 Å². The maximum absolute atomic E-state index is 13.2. The minimum absolute atomic E-state index is 0.0240. The summed E-state index contributed by atoms with van der Waals surface area (Å²) in [5, 5.41) is 0.644. The van der Waals surface area contributed by atoms with E-state index in [0.29, 0.717) is 16.5 Å². The highest BCUT2D eigenvalue weighted by Crippen LogP contribution is 2.30. The largest absolute Gasteiger partial charge is 0.455 e. The lowest BCUT2D eigenvalue weighted by Gasteiger charge is -2.10. The molecule has 1 aromatic heterocycles. The molecule has 0 aliphatic carbocycles. The molecule has 5 heteroatoms. The number of halogens is 2. The van der Waals surface area contributed by atoms with Gasteiger partial charge < -0.3 is 4.42 Å². The van der Waals surface area contributed by atoms with Crippen LogP contribution in [-0.2, 0) is 0 Å². The van der Waals surface area contributed by atoms with Crippen LogP contribution in [0.25, 0.3) is 22.3 Å². The summed E-state index contributed by atoms with van der Waals surface area (Å²) in [7, 11) is 0. The van der Waals surface area contributed by atoms with E-state index in [4.69, 9.17) is 16.0 Å². The molecule has 4 aromatic rings. The zero-order valence-corrected chi connectivity index (χ0v) is 16.3. The van der Waals surface area contributed by atoms with Crippen molar-refractivity contribution in [2.45, 2.75) is 0 Å². The molecule has 0 spiro atoms. The van der Waals surface area contributed by atoms with Crippen LogP contribution in [-0.4, -0.2) is 5.78 Å². The highest BCUT2D eigenvalue weighted by molar-refractivity contribution is 9.10. The van der Waals surface area contributed by atoms with E-state index in [1.165, 1.54) is 0 Å². The molecule has 0 aliphatic heterocycles. The van der Waals surface area contributed by atoms with Gasteiger partial charge in [0.25, 0.3) is 0 Å². The van der Waals surface area contributed by atoms with Crippen molar-refractivity contribution in [3.8, 4) is 11.3 Å². The number of hydrogen-bond acceptors (Lipinski definition) is 3. The Labute approximate surface area is 168 Å². The van der Waals surface area contributed by atoms with Crippen molar-refractivity contribution in [2.75, 3.05) is 0 Å². The molecular formula is C22H12BrClO3. The summed E-state index contributed by atoms with van der Waals surface area (Å²) in [5.41, 5.74) is 0.927. The van der Waals surface area contributed by atoms with E-state index >= 15 is 0 Å². The number of benzene rings is 3. The Hall–Kier alpha value is -2.69. The molecule has 3 aromatic carbocycles. The molecule has 4 rings (SSSR count). The number of fused-ring (bicyclic) bond motifs is 1. The van der Waals surface area contributed by atoms with Crippen molar-refractivity contribution in [2.24, 2.45) is 0 Å². The molecule has 132 valence electrons. The number of rotatable bonds is 3. The summed E-state index contributed by atoms with van der Waals surface area (Å²) < 4.78 is 6.89. The molecule has 0 unspecified atom stereocenters. The van der Waals surface area contributed by atoms with Gasteiger partial charge in [-0.25, -0.2) is 0 Å². The van der Waals surface area contributed by atoms with E-state index in [-0.39, 0.29) is 27.3 Å². The van der Waals surface area contributed by atoms with E-state index in [1.54, 1.807) is 60.7 Å². The van der Waals surface area contributed by atoms with Crippen LogP contribution >= 0.6 is 27.5 Å². The van der Waals surface area contributed by atoms with Crippen LogP contribution < -0.4 is 5.43 Å². The van der Waals surface area contributed by atoms with Gasteiger partial charge in [0.1, 0.15) is 16.9 Å². The van der Waals surface area contributed by atoms with Gasteiger partial charge in [0.15, 0.2) is 0 Å². The predicted molar refractivity (Wildman–Crippen MR) is 111 cm³/mol. The van der Waals surface area contributed by atoms with Crippen molar-refractivity contribution < 1.29 is 9.21 Å². The molecule has 0 radical (unpaired) electrons. The first kappa shape index (κ1) is 17.7. The van der Waals surface area contributed by atoms with Crippen molar-refractivity contribution in [1.29, 1.82) is 0 Å². The summed E-state index contributed by atoms with van der Waals surface area (Å²) in [6.07, 6.45) is 0. The van der Waals surface area contributed by atoms with Gasteiger partial charge in [-0.2, -0.15) is 0 Å². The Balaban J connectivity index is 2.05. The van der Waals surface area contributed by atoms with Crippen LogP contribution in [0.1, 0.15) is 15.9 Å². The highest BCUT2D eigenvalue weighted by Gasteiger charge is 2.24. The second-order valence-corrected chi connectivity index (χ2v) is 7.27. The van der Waals surface area contributed by atoms with Gasteiger partial charge in [0.05, 0.1) is 10.4 Å². The van der Waals surface area contributed by atoms with Gasteiger partial charge in [-0.15, -0.1) is 0 Å². The van der Waals surface area contributed by atoms with Crippen LogP contribution in [0.2, 0.25) is 5.02 Å². The van der Waals surface area contributed by atoms with E-state index in [1.807, 2.05) is 12.1 Å². The Morgan fingerprint density at radius 2 is 1.56 bits per heavy atom. The molecule has 0 saturated carbocycles. The minimum atomic E-state index is -0.460. The Morgan fingerprint density at radius 3 is 2.30 bits per heavy atom. The van der Waals surface area contributed by atoms with Crippen molar-refractivity contribution >= 4 is 44.3 Å². The van der Waals surface area contributed by atoms with Gasteiger partial charge in [-0.3, -0.25) is 9.59 Å². The number of para-hydroxylation sites is 1. The zero-order chi connectivity index (χ0) is 19.0. The predicted octanol–water partition coefficient (Wildman–Crippen LogP) is 6.11. The quantitative estimate of drug-likeness (QED) is 0.362. The van der Waals surface area contributed by atoms with Crippen molar-refractivity contribution in [3.05, 3.63) is 104 Å². The lowest BCUT2D eigenvalue weighted by Crippen LogP contribution is -2.18. The molecule has 0 fully saturated rings. The van der Waals surface area contributed by atoms with Crippen LogP contribution in [0.5, 0.6) is 0 Å². The van der Waals surface area contributed by atoms with E-state index in [0.717, 1.165) is 4.47 Å². The van der Waals surface area contributed by atoms with Gasteiger partial charge in [0, 0.05) is 15.6 Å². The van der Waals surface area contributed by atoms with Gasteiger partial charge in [-0.1, -0.05) is 63.9 Å². The van der Waals surface area contributed by atoms with Crippen LogP contribution in [0.3, 0.4) is 0 Å². The van der Waals surface area contributed by atoms with Crippen LogP contribution in [0.15, 0.2) is 86.5 Å². The third-order valence-corrected chi connectivity index (χ3v) is 5.11. The molecule has 0 saturated heterocycles. The fourth-order valence-electron chi connectivity index (χ4n) is 2.93. The smallest absolute Gasteiger partial charge is 0.204 e. The average Bonchev–Trinajstić information content (AvgIpc) is 2.68. The molecule has 3 nitrogen and oxygen atoms in total. The first-order valence-corrected chi connectivity index (χ1v) is 9.34. The number of carbonyl (C=O) groups excluding carboxylic acids is 1. The molecule has 1 heterocycles. The summed E-state index contributed by atoms with van der Waals surface area (Å²) in [6.45, 7) is 0. The summed E-state index contributed by atoms with van der Waals surface area (Å²) >= 11 is 9.59. The standard InChI is InChI=1S/C22H12BrClO3/c23-14-11-9-13(10-12-14)22-19(20(25)15-5-1-3-7-17(15)24)21(26)16-6-2-4-8-18(16)27-22/h1-12H. The van der Waals surface area contributed by atoms with Crippen LogP contribution in [0, 0.1) is 0 Å². The second kappa shape index (κ2) is 7.14. The monoisotopic (exact) mass is 438 g/mol. The number of ketones is 1. The average molecular weight is 440 g/mol. The molecular weight excluding hydrogens is 428 g/mol. The highest BCUT2D eigenvalue weighted by atomic mass is 79.9. The van der Waals surface area contributed by atoms with Gasteiger partial charge in [0.2, 0.25) is 11.2 Å². The maximum Gasteiger partial charge on any atom is 0.204 e. The first-order chi connectivity index (χ1) is 13.1. The fourth-order valence-corrected chi connectivity index (χ4v) is 3.42. The van der Waals surface area contributed by atoms with Gasteiger partial charge in [-0.05, 0) is 36.4 Å². The molecule has 0 atom stereocenters. The summed E-state index contributed by atoms with van der Waals surface area (Å²) in [4.78, 5) is 26.4. The second-order valence-electron chi connectivity index (χ2n) is 5.95. The Bertz CT molecular complexity index is 1230. The van der Waals surface area contributed by atoms with Crippen LogP contribution in [0.4, 0.5) is 0 Å². The summed E-state index contributed by atoms with van der Waals surface area (Å²) in [6, 6.07) is 20.8. The van der Waals surface area contributed by atoms with E-state index < -0.39 is 5.78 Å². The topological polar surface area (TPSA) is 47.3 Å². The normalized spacial score (nSPS) is 10.9. The van der Waals surface area contributed by atoms with E-state index in [9.17, 15) is 9.59 Å². The third-order valence-electron chi connectivity index (χ3n) is 4.25. The Kier molecular flexibility index (Phi) is 4.68. The molecule has 0 bridgehead atoms. The zero-order valence-electron chi connectivity index (χ0n) is 13.9. The first-order valence-electron chi connectivity index (χ1n) is 8.17. The number of carbonyl (C=O) groups is 1. The maximum atomic E-state index is 13.2. The third kappa shape index (κ3) is 3.22. The molecule has 27 heavy (non-hydrogen) atoms. The minimum Gasteiger partial charge on any atom is -0.455 e. The number of hydrogen-bond donors (Lipinski definition) is 0.